The number of nitrogens with zero attached hydrogens (tertiary/aromatic N) is 2. The third-order valence-corrected chi connectivity index (χ3v) is 3.18. The first-order chi connectivity index (χ1) is 8.08. The number of halogens is 2. The number of anilines is 1. The molecular weight excluding hydrogens is 263 g/mol. The van der Waals surface area contributed by atoms with Gasteiger partial charge in [-0.3, -0.25) is 4.79 Å². The Morgan fingerprint density at radius 1 is 1.41 bits per heavy atom. The van der Waals surface area contributed by atoms with Gasteiger partial charge in [0.2, 0.25) is 5.91 Å². The maximum absolute atomic E-state index is 11.8. The highest BCUT2D eigenvalue weighted by molar-refractivity contribution is 6.42. The zero-order chi connectivity index (χ0) is 12.4. The Morgan fingerprint density at radius 2 is 2.18 bits per heavy atom. The van der Waals surface area contributed by atoms with Gasteiger partial charge in [0.05, 0.1) is 5.92 Å². The van der Waals surface area contributed by atoms with Crippen LogP contribution in [0.2, 0.25) is 10.2 Å². The Hall–Kier alpha value is -1.17. The van der Waals surface area contributed by atoms with E-state index in [2.05, 4.69) is 15.3 Å². The fraction of sp³-hybridized carbons (Fsp3) is 0.300. The summed E-state index contributed by atoms with van der Waals surface area (Å²) < 4.78 is 0. The number of hydrogen-bond acceptors (Lipinski definition) is 4. The summed E-state index contributed by atoms with van der Waals surface area (Å²) in [6.07, 6.45) is 5.40. The number of nitrogens with one attached hydrogen (secondary N) is 1. The van der Waals surface area contributed by atoms with Crippen LogP contribution in [-0.4, -0.2) is 21.9 Å². The average molecular weight is 273 g/mol. The lowest BCUT2D eigenvalue weighted by atomic mass is 10.1. The smallest absolute Gasteiger partial charge is 0.232 e. The van der Waals surface area contributed by atoms with Gasteiger partial charge in [0.1, 0.15) is 11.3 Å². The number of nitrogens with two attached hydrogens (primary N) is 1. The molecule has 0 spiro atoms. The van der Waals surface area contributed by atoms with Crippen molar-refractivity contribution in [2.24, 2.45) is 11.7 Å². The molecule has 0 saturated heterocycles. The molecule has 1 aliphatic rings. The summed E-state index contributed by atoms with van der Waals surface area (Å²) in [5.41, 5.74) is 5.67. The molecule has 0 radical (unpaired) electrons. The van der Waals surface area contributed by atoms with Crippen LogP contribution >= 0.6 is 23.2 Å². The summed E-state index contributed by atoms with van der Waals surface area (Å²) in [6.45, 7) is 0. The Kier molecular flexibility index (Phi) is 3.61. The van der Waals surface area contributed by atoms with E-state index in [0.29, 0.717) is 6.42 Å². The molecule has 1 heterocycles. The van der Waals surface area contributed by atoms with E-state index in [1.165, 1.54) is 6.33 Å². The third kappa shape index (κ3) is 2.74. The molecule has 1 amide bonds. The fourth-order valence-electron chi connectivity index (χ4n) is 1.57. The maximum atomic E-state index is 11.8. The minimum absolute atomic E-state index is 0.0739. The van der Waals surface area contributed by atoms with Gasteiger partial charge in [-0.1, -0.05) is 35.4 Å². The van der Waals surface area contributed by atoms with Crippen molar-refractivity contribution in [3.05, 3.63) is 28.7 Å². The Balaban J connectivity index is 2.09. The van der Waals surface area contributed by atoms with E-state index in [4.69, 9.17) is 28.9 Å². The lowest BCUT2D eigenvalue weighted by Crippen LogP contribution is -2.24. The molecule has 17 heavy (non-hydrogen) atoms. The first kappa shape index (κ1) is 12.3. The number of aromatic nitrogens is 2. The van der Waals surface area contributed by atoms with Gasteiger partial charge in [0, 0.05) is 6.04 Å². The van der Waals surface area contributed by atoms with Crippen LogP contribution in [0.15, 0.2) is 18.5 Å². The van der Waals surface area contributed by atoms with Gasteiger partial charge < -0.3 is 11.1 Å². The van der Waals surface area contributed by atoms with E-state index in [0.717, 1.165) is 0 Å². The molecule has 3 N–H and O–H groups in total. The van der Waals surface area contributed by atoms with Crippen LogP contribution in [0.1, 0.15) is 6.42 Å². The Morgan fingerprint density at radius 3 is 2.82 bits per heavy atom. The lowest BCUT2D eigenvalue weighted by Gasteiger charge is -2.10. The predicted molar refractivity (Wildman–Crippen MR) is 65.9 cm³/mol. The van der Waals surface area contributed by atoms with Crippen molar-refractivity contribution in [2.45, 2.75) is 12.5 Å². The third-order valence-electron chi connectivity index (χ3n) is 2.44. The van der Waals surface area contributed by atoms with Crippen LogP contribution < -0.4 is 11.1 Å². The Bertz CT molecular complexity index is 477. The highest BCUT2D eigenvalue weighted by Gasteiger charge is 2.23. The van der Waals surface area contributed by atoms with Crippen LogP contribution in [0.25, 0.3) is 0 Å². The molecule has 7 heteroatoms. The summed E-state index contributed by atoms with van der Waals surface area (Å²) >= 11 is 11.6. The standard InChI is InChI=1S/C10H10Cl2N4O/c11-7-8(12)14-4-15-9(7)16-10(17)5-1-2-6(13)3-5/h1-2,4-6H,3,13H2,(H,14,15,16,17). The molecule has 0 aromatic carbocycles. The van der Waals surface area contributed by atoms with Gasteiger partial charge in [-0.05, 0) is 6.42 Å². The van der Waals surface area contributed by atoms with Crippen LogP contribution in [0.5, 0.6) is 0 Å². The van der Waals surface area contributed by atoms with Crippen molar-refractivity contribution in [3.63, 3.8) is 0 Å². The van der Waals surface area contributed by atoms with Crippen LogP contribution in [0.3, 0.4) is 0 Å². The molecule has 0 aliphatic heterocycles. The number of amides is 1. The van der Waals surface area contributed by atoms with E-state index in [1.807, 2.05) is 0 Å². The van der Waals surface area contributed by atoms with Gasteiger partial charge in [0.15, 0.2) is 11.0 Å². The summed E-state index contributed by atoms with van der Waals surface area (Å²) in [5, 5.41) is 2.84. The van der Waals surface area contributed by atoms with Crippen LogP contribution in [-0.2, 0) is 4.79 Å². The predicted octanol–water partition coefficient (Wildman–Crippen LogP) is 1.63. The summed E-state index contributed by atoms with van der Waals surface area (Å²) in [6, 6.07) is -0.0739. The average Bonchev–Trinajstić information content (AvgIpc) is 2.72. The van der Waals surface area contributed by atoms with Gasteiger partial charge in [-0.15, -0.1) is 0 Å². The molecule has 0 saturated carbocycles. The van der Waals surface area contributed by atoms with Crippen LogP contribution in [0.4, 0.5) is 5.82 Å². The summed E-state index contributed by atoms with van der Waals surface area (Å²) in [7, 11) is 0. The summed E-state index contributed by atoms with van der Waals surface area (Å²) in [4.78, 5) is 19.4. The largest absolute Gasteiger partial charge is 0.324 e. The number of carbonyl (C=O) groups is 1. The maximum Gasteiger partial charge on any atom is 0.232 e. The molecule has 1 aliphatic carbocycles. The highest BCUT2D eigenvalue weighted by Crippen LogP contribution is 2.26. The van der Waals surface area contributed by atoms with Crippen molar-refractivity contribution in [1.82, 2.24) is 9.97 Å². The van der Waals surface area contributed by atoms with Gasteiger partial charge in [-0.2, -0.15) is 0 Å². The minimum atomic E-state index is -0.255. The van der Waals surface area contributed by atoms with Crippen molar-refractivity contribution < 1.29 is 4.79 Å². The van der Waals surface area contributed by atoms with Gasteiger partial charge in [0.25, 0.3) is 0 Å². The quantitative estimate of drug-likeness (QED) is 0.633. The molecule has 2 rings (SSSR count). The molecule has 2 atom stereocenters. The van der Waals surface area contributed by atoms with Crippen LogP contribution in [0, 0.1) is 5.92 Å². The number of rotatable bonds is 2. The van der Waals surface area contributed by atoms with Crippen molar-refractivity contribution in [2.75, 3.05) is 5.32 Å². The molecule has 0 bridgehead atoms. The second-order valence-electron chi connectivity index (χ2n) is 3.71. The van der Waals surface area contributed by atoms with E-state index < -0.39 is 0 Å². The second kappa shape index (κ2) is 5.00. The Labute approximate surface area is 108 Å². The van der Waals surface area contributed by atoms with E-state index in [-0.39, 0.29) is 33.9 Å². The first-order valence-electron chi connectivity index (χ1n) is 4.98. The molecule has 2 unspecified atom stereocenters. The SMILES string of the molecule is NC1C=CC(C(=O)Nc2ncnc(Cl)c2Cl)C1. The molecular formula is C10H10Cl2N4O. The zero-order valence-corrected chi connectivity index (χ0v) is 10.2. The number of hydrogen-bond donors (Lipinski definition) is 2. The second-order valence-corrected chi connectivity index (χ2v) is 4.44. The lowest BCUT2D eigenvalue weighted by molar-refractivity contribution is -0.118. The van der Waals surface area contributed by atoms with E-state index in [9.17, 15) is 4.79 Å². The van der Waals surface area contributed by atoms with Crippen molar-refractivity contribution in [3.8, 4) is 0 Å². The van der Waals surface area contributed by atoms with Gasteiger partial charge >= 0.3 is 0 Å². The first-order valence-corrected chi connectivity index (χ1v) is 5.74. The molecule has 5 nitrogen and oxygen atoms in total. The molecule has 0 fully saturated rings. The normalized spacial score (nSPS) is 22.8. The number of carbonyl (C=O) groups excluding carboxylic acids is 1. The van der Waals surface area contributed by atoms with E-state index in [1.54, 1.807) is 12.2 Å². The highest BCUT2D eigenvalue weighted by atomic mass is 35.5. The monoisotopic (exact) mass is 272 g/mol. The van der Waals surface area contributed by atoms with Crippen molar-refractivity contribution in [1.29, 1.82) is 0 Å². The fourth-order valence-corrected chi connectivity index (χ4v) is 1.84. The summed E-state index contributed by atoms with van der Waals surface area (Å²) in [5.74, 6) is -0.244. The molecule has 90 valence electrons. The topological polar surface area (TPSA) is 80.9 Å². The zero-order valence-electron chi connectivity index (χ0n) is 8.73. The van der Waals surface area contributed by atoms with E-state index >= 15 is 0 Å². The molecule has 1 aromatic rings. The van der Waals surface area contributed by atoms with Gasteiger partial charge in [-0.25, -0.2) is 9.97 Å². The minimum Gasteiger partial charge on any atom is -0.324 e. The van der Waals surface area contributed by atoms with Crippen molar-refractivity contribution >= 4 is 34.9 Å². The molecule has 1 aromatic heterocycles.